The number of rotatable bonds is 4. The predicted octanol–water partition coefficient (Wildman–Crippen LogP) is 3.65. The largest absolute Gasteiger partial charge is 0.376 e. The molecule has 4 heteroatoms. The Morgan fingerprint density at radius 3 is 2.73 bits per heavy atom. The zero-order valence-corrected chi connectivity index (χ0v) is 9.69. The van der Waals surface area contributed by atoms with E-state index in [1.54, 1.807) is 0 Å². The summed E-state index contributed by atoms with van der Waals surface area (Å²) in [5, 5.41) is 0. The standard InChI is InChI=1S/C11H11BrF2O/c12-9-3-4-10(13)8(11(9)14)6-15-5-7-1-2-7/h3-4,7H,1-2,5-6H2. The molecule has 0 saturated heterocycles. The lowest BCUT2D eigenvalue weighted by molar-refractivity contribution is 0.106. The molecule has 1 aliphatic carbocycles. The highest BCUT2D eigenvalue weighted by atomic mass is 79.9. The van der Waals surface area contributed by atoms with Crippen molar-refractivity contribution < 1.29 is 13.5 Å². The van der Waals surface area contributed by atoms with E-state index in [1.807, 2.05) is 0 Å². The van der Waals surface area contributed by atoms with E-state index >= 15 is 0 Å². The lowest BCUT2D eigenvalue weighted by Crippen LogP contribution is -2.02. The summed E-state index contributed by atoms with van der Waals surface area (Å²) in [6.45, 7) is 0.610. The fourth-order valence-electron chi connectivity index (χ4n) is 1.31. The summed E-state index contributed by atoms with van der Waals surface area (Å²) in [5.41, 5.74) is 0.00465. The normalized spacial score (nSPS) is 15.7. The Bertz CT molecular complexity index is 364. The van der Waals surface area contributed by atoms with Crippen LogP contribution < -0.4 is 0 Å². The Morgan fingerprint density at radius 2 is 2.07 bits per heavy atom. The maximum absolute atomic E-state index is 13.4. The number of halogens is 3. The van der Waals surface area contributed by atoms with Crippen LogP contribution in [0.5, 0.6) is 0 Å². The third kappa shape index (κ3) is 2.75. The van der Waals surface area contributed by atoms with E-state index in [2.05, 4.69) is 15.9 Å². The Morgan fingerprint density at radius 1 is 1.33 bits per heavy atom. The molecule has 1 aromatic carbocycles. The van der Waals surface area contributed by atoms with Crippen LogP contribution in [0.3, 0.4) is 0 Å². The van der Waals surface area contributed by atoms with Crippen molar-refractivity contribution in [3.8, 4) is 0 Å². The smallest absolute Gasteiger partial charge is 0.145 e. The second-order valence-electron chi connectivity index (χ2n) is 3.78. The van der Waals surface area contributed by atoms with Gasteiger partial charge in [-0.1, -0.05) is 0 Å². The summed E-state index contributed by atoms with van der Waals surface area (Å²) in [4.78, 5) is 0. The summed E-state index contributed by atoms with van der Waals surface area (Å²) in [6, 6.07) is 2.60. The predicted molar refractivity (Wildman–Crippen MR) is 56.4 cm³/mol. The fraction of sp³-hybridized carbons (Fsp3) is 0.455. The topological polar surface area (TPSA) is 9.23 Å². The molecule has 1 fully saturated rings. The van der Waals surface area contributed by atoms with Gasteiger partial charge in [0.05, 0.1) is 16.6 Å². The average Bonchev–Trinajstić information content (AvgIpc) is 3.01. The van der Waals surface area contributed by atoms with Crippen LogP contribution in [0.4, 0.5) is 8.78 Å². The SMILES string of the molecule is Fc1ccc(Br)c(F)c1COCC1CC1. The zero-order chi connectivity index (χ0) is 10.8. The first-order valence-electron chi connectivity index (χ1n) is 4.88. The van der Waals surface area contributed by atoms with Crippen LogP contribution in [0.25, 0.3) is 0 Å². The minimum atomic E-state index is -0.564. The number of ether oxygens (including phenoxy) is 1. The Labute approximate surface area is 95.6 Å². The highest BCUT2D eigenvalue weighted by molar-refractivity contribution is 9.10. The highest BCUT2D eigenvalue weighted by Crippen LogP contribution is 2.29. The van der Waals surface area contributed by atoms with Gasteiger partial charge in [0, 0.05) is 6.61 Å². The van der Waals surface area contributed by atoms with Crippen LogP contribution in [0.15, 0.2) is 16.6 Å². The molecule has 0 N–H and O–H groups in total. The molecule has 0 aromatic heterocycles. The molecule has 15 heavy (non-hydrogen) atoms. The van der Waals surface area contributed by atoms with Crippen molar-refractivity contribution in [1.29, 1.82) is 0 Å². The quantitative estimate of drug-likeness (QED) is 0.763. The average molecular weight is 277 g/mol. The van der Waals surface area contributed by atoms with Gasteiger partial charge in [0.25, 0.3) is 0 Å². The van der Waals surface area contributed by atoms with Crippen molar-refractivity contribution in [3.05, 3.63) is 33.8 Å². The van der Waals surface area contributed by atoms with E-state index in [0.717, 1.165) is 0 Å². The van der Waals surface area contributed by atoms with Crippen molar-refractivity contribution in [2.24, 2.45) is 5.92 Å². The molecule has 1 saturated carbocycles. The highest BCUT2D eigenvalue weighted by Gasteiger charge is 2.22. The number of hydrogen-bond donors (Lipinski definition) is 0. The van der Waals surface area contributed by atoms with E-state index < -0.39 is 11.6 Å². The van der Waals surface area contributed by atoms with Crippen molar-refractivity contribution >= 4 is 15.9 Å². The monoisotopic (exact) mass is 276 g/mol. The van der Waals surface area contributed by atoms with E-state index in [1.165, 1.54) is 25.0 Å². The van der Waals surface area contributed by atoms with E-state index in [9.17, 15) is 8.78 Å². The number of benzene rings is 1. The van der Waals surface area contributed by atoms with Crippen LogP contribution in [0.1, 0.15) is 18.4 Å². The van der Waals surface area contributed by atoms with E-state index in [-0.39, 0.29) is 16.6 Å². The lowest BCUT2D eigenvalue weighted by atomic mass is 10.2. The third-order valence-corrected chi connectivity index (χ3v) is 3.05. The maximum atomic E-state index is 13.4. The van der Waals surface area contributed by atoms with Gasteiger partial charge < -0.3 is 4.74 Å². The van der Waals surface area contributed by atoms with Gasteiger partial charge in [0.2, 0.25) is 0 Å². The van der Waals surface area contributed by atoms with Crippen molar-refractivity contribution in [2.45, 2.75) is 19.4 Å². The summed E-state index contributed by atoms with van der Waals surface area (Å²) in [7, 11) is 0. The lowest BCUT2D eigenvalue weighted by Gasteiger charge is -2.07. The molecule has 1 aromatic rings. The van der Waals surface area contributed by atoms with Crippen LogP contribution in [0, 0.1) is 17.6 Å². The van der Waals surface area contributed by atoms with Gasteiger partial charge in [0.1, 0.15) is 11.6 Å². The first-order chi connectivity index (χ1) is 7.18. The van der Waals surface area contributed by atoms with Gasteiger partial charge in [-0.3, -0.25) is 0 Å². The number of hydrogen-bond acceptors (Lipinski definition) is 1. The van der Waals surface area contributed by atoms with Gasteiger partial charge in [-0.05, 0) is 46.8 Å². The molecule has 0 unspecified atom stereocenters. The minimum absolute atomic E-state index is 0.00465. The Hall–Kier alpha value is -0.480. The summed E-state index contributed by atoms with van der Waals surface area (Å²) in [5.74, 6) is -0.513. The molecule has 0 amide bonds. The summed E-state index contributed by atoms with van der Waals surface area (Å²) >= 11 is 3.02. The molecule has 0 bridgehead atoms. The molecular formula is C11H11BrF2O. The van der Waals surface area contributed by atoms with Crippen LogP contribution in [0.2, 0.25) is 0 Å². The van der Waals surface area contributed by atoms with Crippen molar-refractivity contribution in [2.75, 3.05) is 6.61 Å². The van der Waals surface area contributed by atoms with E-state index in [0.29, 0.717) is 12.5 Å². The Kier molecular flexibility index (Phi) is 3.36. The molecule has 82 valence electrons. The first-order valence-corrected chi connectivity index (χ1v) is 5.68. The maximum Gasteiger partial charge on any atom is 0.145 e. The minimum Gasteiger partial charge on any atom is -0.376 e. The molecule has 0 aliphatic heterocycles. The van der Waals surface area contributed by atoms with Gasteiger partial charge in [-0.25, -0.2) is 8.78 Å². The summed E-state index contributed by atoms with van der Waals surface area (Å²) < 4.78 is 32.2. The molecule has 1 nitrogen and oxygen atoms in total. The van der Waals surface area contributed by atoms with Gasteiger partial charge in [0.15, 0.2) is 0 Å². The molecule has 0 heterocycles. The van der Waals surface area contributed by atoms with Gasteiger partial charge in [-0.15, -0.1) is 0 Å². The van der Waals surface area contributed by atoms with Crippen LogP contribution >= 0.6 is 15.9 Å². The van der Waals surface area contributed by atoms with Crippen molar-refractivity contribution in [1.82, 2.24) is 0 Å². The van der Waals surface area contributed by atoms with E-state index in [4.69, 9.17) is 4.74 Å². The summed E-state index contributed by atoms with van der Waals surface area (Å²) in [6.07, 6.45) is 2.34. The van der Waals surface area contributed by atoms with Crippen LogP contribution in [-0.2, 0) is 11.3 Å². The fourth-order valence-corrected chi connectivity index (χ4v) is 1.69. The van der Waals surface area contributed by atoms with Gasteiger partial charge >= 0.3 is 0 Å². The van der Waals surface area contributed by atoms with Crippen LogP contribution in [-0.4, -0.2) is 6.61 Å². The zero-order valence-electron chi connectivity index (χ0n) is 8.10. The molecule has 2 rings (SSSR count). The molecule has 0 atom stereocenters. The molecule has 0 radical (unpaired) electrons. The second-order valence-corrected chi connectivity index (χ2v) is 4.63. The first kappa shape index (κ1) is 11.0. The molecule has 0 spiro atoms. The molecular weight excluding hydrogens is 266 g/mol. The second kappa shape index (κ2) is 4.58. The van der Waals surface area contributed by atoms with Gasteiger partial charge in [-0.2, -0.15) is 0 Å². The van der Waals surface area contributed by atoms with Crippen molar-refractivity contribution in [3.63, 3.8) is 0 Å². The third-order valence-electron chi connectivity index (χ3n) is 2.44. The Balaban J connectivity index is 2.01. The molecule has 1 aliphatic rings.